The minimum absolute atomic E-state index is 0.254. The predicted octanol–water partition coefficient (Wildman–Crippen LogP) is 4.86. The van der Waals surface area contributed by atoms with Gasteiger partial charge in [0.15, 0.2) is 0 Å². The van der Waals surface area contributed by atoms with E-state index in [-0.39, 0.29) is 18.2 Å². The standard InChI is InChI=1S/C23H20F2N2O2/c24-21-11-17(14-6-3-7-18(26)8-14)12-22(25)20(21)13-27(23(28)29)19-9-15-4-1-2-5-16(15)10-19/h1-8,11-12,19H,9-10,13,26H2,(H,28,29). The van der Waals surface area contributed by atoms with Crippen molar-refractivity contribution in [2.75, 3.05) is 5.73 Å². The maximum absolute atomic E-state index is 14.8. The van der Waals surface area contributed by atoms with Crippen LogP contribution in [-0.2, 0) is 19.4 Å². The summed E-state index contributed by atoms with van der Waals surface area (Å²) >= 11 is 0. The third-order valence-corrected chi connectivity index (χ3v) is 5.41. The fourth-order valence-corrected chi connectivity index (χ4v) is 3.92. The molecule has 3 N–H and O–H groups in total. The van der Waals surface area contributed by atoms with Crippen molar-refractivity contribution in [3.8, 4) is 11.1 Å². The highest BCUT2D eigenvalue weighted by Gasteiger charge is 2.31. The molecule has 0 aromatic heterocycles. The summed E-state index contributed by atoms with van der Waals surface area (Å²) in [4.78, 5) is 13.0. The van der Waals surface area contributed by atoms with Crippen molar-refractivity contribution in [1.82, 2.24) is 4.90 Å². The number of nitrogens with zero attached hydrogens (tertiary/aromatic N) is 1. The highest BCUT2D eigenvalue weighted by atomic mass is 19.1. The van der Waals surface area contributed by atoms with Crippen molar-refractivity contribution in [2.24, 2.45) is 0 Å². The zero-order valence-electron chi connectivity index (χ0n) is 15.6. The van der Waals surface area contributed by atoms with Crippen LogP contribution in [0.1, 0.15) is 16.7 Å². The number of rotatable bonds is 4. The number of carbonyl (C=O) groups is 1. The summed E-state index contributed by atoms with van der Waals surface area (Å²) in [5, 5.41) is 9.69. The van der Waals surface area contributed by atoms with Gasteiger partial charge in [0.05, 0.1) is 6.54 Å². The van der Waals surface area contributed by atoms with Crippen molar-refractivity contribution < 1.29 is 18.7 Å². The molecule has 0 aliphatic heterocycles. The third-order valence-electron chi connectivity index (χ3n) is 5.41. The Morgan fingerprint density at radius 3 is 2.14 bits per heavy atom. The summed E-state index contributed by atoms with van der Waals surface area (Å²) in [6.45, 7) is -0.344. The Bertz CT molecular complexity index is 1040. The van der Waals surface area contributed by atoms with Gasteiger partial charge in [-0.05, 0) is 59.4 Å². The Morgan fingerprint density at radius 2 is 1.59 bits per heavy atom. The molecule has 1 amide bonds. The largest absolute Gasteiger partial charge is 0.465 e. The van der Waals surface area contributed by atoms with E-state index in [4.69, 9.17) is 5.73 Å². The molecule has 3 aromatic carbocycles. The molecule has 0 atom stereocenters. The van der Waals surface area contributed by atoms with Gasteiger partial charge >= 0.3 is 6.09 Å². The highest BCUT2D eigenvalue weighted by molar-refractivity contribution is 5.68. The summed E-state index contributed by atoms with van der Waals surface area (Å²) < 4.78 is 29.6. The number of fused-ring (bicyclic) bond motifs is 1. The topological polar surface area (TPSA) is 66.6 Å². The molecule has 3 aromatic rings. The summed E-state index contributed by atoms with van der Waals surface area (Å²) in [7, 11) is 0. The number of nitrogen functional groups attached to an aromatic ring is 1. The lowest BCUT2D eigenvalue weighted by molar-refractivity contribution is 0.121. The fraction of sp³-hybridized carbons (Fsp3) is 0.174. The average molecular weight is 394 g/mol. The molecule has 4 nitrogen and oxygen atoms in total. The first-order chi connectivity index (χ1) is 13.9. The Morgan fingerprint density at radius 1 is 0.966 bits per heavy atom. The van der Waals surface area contributed by atoms with Crippen LogP contribution in [0.3, 0.4) is 0 Å². The molecule has 4 rings (SSSR count). The van der Waals surface area contributed by atoms with E-state index < -0.39 is 17.7 Å². The number of halogens is 2. The average Bonchev–Trinajstić information content (AvgIpc) is 3.10. The molecule has 148 valence electrons. The Hall–Kier alpha value is -3.41. The van der Waals surface area contributed by atoms with Crippen molar-refractivity contribution in [2.45, 2.75) is 25.4 Å². The SMILES string of the molecule is Nc1cccc(-c2cc(F)c(CN(C(=O)O)C3Cc4ccccc4C3)c(F)c2)c1. The number of amides is 1. The second-order valence-electron chi connectivity index (χ2n) is 7.29. The van der Waals surface area contributed by atoms with Crippen LogP contribution in [0.2, 0.25) is 0 Å². The maximum atomic E-state index is 14.8. The molecule has 1 aliphatic rings. The van der Waals surface area contributed by atoms with Gasteiger partial charge in [0.25, 0.3) is 0 Å². The lowest BCUT2D eigenvalue weighted by Gasteiger charge is -2.26. The molecule has 0 fully saturated rings. The van der Waals surface area contributed by atoms with Crippen LogP contribution in [-0.4, -0.2) is 22.1 Å². The molecule has 0 unspecified atom stereocenters. The number of carboxylic acid groups (broad SMARTS) is 1. The molecule has 0 radical (unpaired) electrons. The van der Waals surface area contributed by atoms with Crippen LogP contribution in [0.15, 0.2) is 60.7 Å². The van der Waals surface area contributed by atoms with Gasteiger partial charge in [-0.1, -0.05) is 36.4 Å². The molecule has 0 saturated heterocycles. The van der Waals surface area contributed by atoms with Crippen LogP contribution in [0, 0.1) is 11.6 Å². The van der Waals surface area contributed by atoms with Gasteiger partial charge in [0, 0.05) is 17.3 Å². The minimum atomic E-state index is -1.19. The number of benzene rings is 3. The molecular weight excluding hydrogens is 374 g/mol. The first-order valence-electron chi connectivity index (χ1n) is 9.32. The highest BCUT2D eigenvalue weighted by Crippen LogP contribution is 2.30. The van der Waals surface area contributed by atoms with E-state index in [0.717, 1.165) is 16.0 Å². The maximum Gasteiger partial charge on any atom is 0.407 e. The van der Waals surface area contributed by atoms with Gasteiger partial charge in [-0.25, -0.2) is 13.6 Å². The smallest absolute Gasteiger partial charge is 0.407 e. The quantitative estimate of drug-likeness (QED) is 0.621. The summed E-state index contributed by atoms with van der Waals surface area (Å²) in [5.74, 6) is -1.55. The first kappa shape index (κ1) is 18.9. The molecule has 0 bridgehead atoms. The van der Waals surface area contributed by atoms with Crippen molar-refractivity contribution in [3.63, 3.8) is 0 Å². The Kier molecular flexibility index (Phi) is 4.92. The number of nitrogens with two attached hydrogens (primary N) is 1. The lowest BCUT2D eigenvalue weighted by atomic mass is 10.0. The summed E-state index contributed by atoms with van der Waals surface area (Å²) in [6.07, 6.45) is -0.123. The monoisotopic (exact) mass is 394 g/mol. The van der Waals surface area contributed by atoms with Crippen LogP contribution >= 0.6 is 0 Å². The van der Waals surface area contributed by atoms with Crippen molar-refractivity contribution in [1.29, 1.82) is 0 Å². The molecule has 29 heavy (non-hydrogen) atoms. The summed E-state index contributed by atoms with van der Waals surface area (Å²) in [6, 6.07) is 16.5. The van der Waals surface area contributed by atoms with Gasteiger partial charge in [0.1, 0.15) is 11.6 Å². The number of anilines is 1. The van der Waals surface area contributed by atoms with Gasteiger partial charge < -0.3 is 15.7 Å². The lowest BCUT2D eigenvalue weighted by Crippen LogP contribution is -2.40. The molecule has 0 heterocycles. The predicted molar refractivity (Wildman–Crippen MR) is 107 cm³/mol. The van der Waals surface area contributed by atoms with Crippen LogP contribution in [0.25, 0.3) is 11.1 Å². The number of hydrogen-bond donors (Lipinski definition) is 2. The van der Waals surface area contributed by atoms with Gasteiger partial charge in [-0.3, -0.25) is 0 Å². The zero-order valence-corrected chi connectivity index (χ0v) is 15.6. The van der Waals surface area contributed by atoms with E-state index in [1.54, 1.807) is 24.3 Å². The van der Waals surface area contributed by atoms with Gasteiger partial charge in [-0.2, -0.15) is 0 Å². The van der Waals surface area contributed by atoms with E-state index in [1.807, 2.05) is 24.3 Å². The normalized spacial score (nSPS) is 13.3. The van der Waals surface area contributed by atoms with Crippen molar-refractivity contribution >= 4 is 11.8 Å². The van der Waals surface area contributed by atoms with Crippen LogP contribution in [0.4, 0.5) is 19.3 Å². The van der Waals surface area contributed by atoms with Gasteiger partial charge in [0.2, 0.25) is 0 Å². The van der Waals surface area contributed by atoms with E-state index in [0.29, 0.717) is 29.7 Å². The van der Waals surface area contributed by atoms with Gasteiger partial charge in [-0.15, -0.1) is 0 Å². The molecule has 1 aliphatic carbocycles. The van der Waals surface area contributed by atoms with Crippen molar-refractivity contribution in [3.05, 3.63) is 89.0 Å². The number of hydrogen-bond acceptors (Lipinski definition) is 2. The Labute approximate surface area is 167 Å². The van der Waals surface area contributed by atoms with E-state index >= 15 is 0 Å². The van der Waals surface area contributed by atoms with Crippen LogP contribution in [0.5, 0.6) is 0 Å². The molecular formula is C23H20F2N2O2. The molecule has 0 spiro atoms. The van der Waals surface area contributed by atoms with E-state index in [2.05, 4.69) is 0 Å². The van der Waals surface area contributed by atoms with E-state index in [9.17, 15) is 18.7 Å². The third kappa shape index (κ3) is 3.78. The first-order valence-corrected chi connectivity index (χ1v) is 9.32. The van der Waals surface area contributed by atoms with Crippen LogP contribution < -0.4 is 5.73 Å². The summed E-state index contributed by atoms with van der Waals surface area (Å²) in [5.41, 5.74) is 9.07. The molecule has 0 saturated carbocycles. The molecule has 6 heteroatoms. The Balaban J connectivity index is 1.61. The van der Waals surface area contributed by atoms with E-state index in [1.165, 1.54) is 12.1 Å². The second kappa shape index (κ2) is 7.54. The minimum Gasteiger partial charge on any atom is -0.465 e. The second-order valence-corrected chi connectivity index (χ2v) is 7.29. The fourth-order valence-electron chi connectivity index (χ4n) is 3.92. The zero-order chi connectivity index (χ0) is 20.5.